The standard InChI is InChI=1S/C22H34S2/c1-4-6-7-9-17-10-12-18(13-11-17)16(3)20-15-22-21(24-20)14-19(23-22)8-5-2/h14-18H,4-13H2,1-3H3. The van der Waals surface area contributed by atoms with Gasteiger partial charge in [0.05, 0.1) is 0 Å². The van der Waals surface area contributed by atoms with E-state index in [-0.39, 0.29) is 0 Å². The second kappa shape index (κ2) is 8.85. The van der Waals surface area contributed by atoms with Gasteiger partial charge in [-0.1, -0.05) is 65.7 Å². The zero-order chi connectivity index (χ0) is 16.9. The van der Waals surface area contributed by atoms with E-state index >= 15 is 0 Å². The molecular formula is C22H34S2. The quantitative estimate of drug-likeness (QED) is 0.413. The lowest BCUT2D eigenvalue weighted by Gasteiger charge is -2.32. The molecule has 2 aromatic rings. The molecule has 2 aromatic heterocycles. The largest absolute Gasteiger partial charge is 0.139 e. The Hall–Kier alpha value is -0.340. The van der Waals surface area contributed by atoms with Crippen LogP contribution in [-0.2, 0) is 6.42 Å². The molecule has 1 atom stereocenters. The van der Waals surface area contributed by atoms with E-state index in [2.05, 4.69) is 44.2 Å². The number of thiophene rings is 2. The third kappa shape index (κ3) is 4.43. The molecular weight excluding hydrogens is 328 g/mol. The van der Waals surface area contributed by atoms with Crippen LogP contribution in [0, 0.1) is 11.8 Å². The second-order valence-corrected chi connectivity index (χ2v) is 10.2. The number of hydrogen-bond donors (Lipinski definition) is 0. The fourth-order valence-electron chi connectivity index (χ4n) is 4.39. The van der Waals surface area contributed by atoms with Crippen LogP contribution >= 0.6 is 22.7 Å². The molecule has 2 heteroatoms. The Labute approximate surface area is 156 Å². The van der Waals surface area contributed by atoms with Crippen molar-refractivity contribution in [1.29, 1.82) is 0 Å². The summed E-state index contributed by atoms with van der Waals surface area (Å²) in [6.45, 7) is 7.08. The van der Waals surface area contributed by atoms with E-state index in [1.54, 1.807) is 19.2 Å². The van der Waals surface area contributed by atoms with Crippen molar-refractivity contribution in [2.24, 2.45) is 11.8 Å². The Morgan fingerprint density at radius 1 is 0.958 bits per heavy atom. The minimum atomic E-state index is 0.765. The molecule has 1 unspecified atom stereocenters. The second-order valence-electron chi connectivity index (χ2n) is 7.91. The molecule has 0 N–H and O–H groups in total. The van der Waals surface area contributed by atoms with Crippen molar-refractivity contribution in [3.63, 3.8) is 0 Å². The van der Waals surface area contributed by atoms with Crippen LogP contribution in [-0.4, -0.2) is 0 Å². The van der Waals surface area contributed by atoms with Crippen molar-refractivity contribution in [1.82, 2.24) is 0 Å². The highest BCUT2D eigenvalue weighted by Gasteiger charge is 2.27. The van der Waals surface area contributed by atoms with Crippen LogP contribution in [0.5, 0.6) is 0 Å². The van der Waals surface area contributed by atoms with Crippen LogP contribution in [0.1, 0.15) is 94.2 Å². The molecule has 3 rings (SSSR count). The van der Waals surface area contributed by atoms with Crippen LogP contribution in [0.2, 0.25) is 0 Å². The van der Waals surface area contributed by atoms with Gasteiger partial charge in [-0.15, -0.1) is 22.7 Å². The summed E-state index contributed by atoms with van der Waals surface area (Å²) in [7, 11) is 0. The van der Waals surface area contributed by atoms with E-state index in [4.69, 9.17) is 0 Å². The normalized spacial score (nSPS) is 23.0. The molecule has 1 saturated carbocycles. The average molecular weight is 363 g/mol. The van der Waals surface area contributed by atoms with Gasteiger partial charge in [0.15, 0.2) is 0 Å². The van der Waals surface area contributed by atoms with Gasteiger partial charge in [-0.2, -0.15) is 0 Å². The molecule has 0 nitrogen and oxygen atoms in total. The van der Waals surface area contributed by atoms with Crippen molar-refractivity contribution in [3.8, 4) is 0 Å². The maximum atomic E-state index is 2.52. The zero-order valence-corrected chi connectivity index (χ0v) is 17.4. The van der Waals surface area contributed by atoms with Crippen LogP contribution in [0.25, 0.3) is 9.40 Å². The minimum absolute atomic E-state index is 0.765. The third-order valence-electron chi connectivity index (χ3n) is 6.04. The summed E-state index contributed by atoms with van der Waals surface area (Å²) in [6, 6.07) is 4.97. The molecule has 1 fully saturated rings. The predicted molar refractivity (Wildman–Crippen MR) is 112 cm³/mol. The Morgan fingerprint density at radius 2 is 1.71 bits per heavy atom. The summed E-state index contributed by atoms with van der Waals surface area (Å²) in [4.78, 5) is 3.22. The fourth-order valence-corrected chi connectivity index (χ4v) is 7.07. The molecule has 0 spiro atoms. The van der Waals surface area contributed by atoms with Gasteiger partial charge < -0.3 is 0 Å². The molecule has 0 radical (unpaired) electrons. The SMILES string of the molecule is CCCCCC1CCC(C(C)c2cc3sc(CCC)cc3s2)CC1. The monoisotopic (exact) mass is 362 g/mol. The maximum Gasteiger partial charge on any atom is 0.0456 e. The van der Waals surface area contributed by atoms with Crippen LogP contribution in [0.15, 0.2) is 12.1 Å². The number of rotatable bonds is 8. The highest BCUT2D eigenvalue weighted by atomic mass is 32.1. The smallest absolute Gasteiger partial charge is 0.0456 e. The zero-order valence-electron chi connectivity index (χ0n) is 15.8. The van der Waals surface area contributed by atoms with E-state index in [0.29, 0.717) is 0 Å². The highest BCUT2D eigenvalue weighted by molar-refractivity contribution is 7.27. The Balaban J connectivity index is 1.55. The van der Waals surface area contributed by atoms with E-state index in [0.717, 1.165) is 17.8 Å². The maximum absolute atomic E-state index is 2.52. The molecule has 0 aliphatic heterocycles. The van der Waals surface area contributed by atoms with Crippen molar-refractivity contribution >= 4 is 32.1 Å². The summed E-state index contributed by atoms with van der Waals surface area (Å²) >= 11 is 4.10. The minimum Gasteiger partial charge on any atom is -0.139 e. The molecule has 2 heterocycles. The fraction of sp³-hybridized carbons (Fsp3) is 0.727. The van der Waals surface area contributed by atoms with E-state index in [1.165, 1.54) is 64.2 Å². The predicted octanol–water partition coefficient (Wildman–Crippen LogP) is 8.41. The van der Waals surface area contributed by atoms with Gasteiger partial charge in [-0.25, -0.2) is 0 Å². The van der Waals surface area contributed by atoms with Crippen molar-refractivity contribution in [2.75, 3.05) is 0 Å². The van der Waals surface area contributed by atoms with E-state index in [9.17, 15) is 0 Å². The van der Waals surface area contributed by atoms with Gasteiger partial charge in [0.25, 0.3) is 0 Å². The average Bonchev–Trinajstić information content (AvgIpc) is 3.14. The molecule has 0 bridgehead atoms. The van der Waals surface area contributed by atoms with Crippen molar-refractivity contribution in [3.05, 3.63) is 21.9 Å². The first-order valence-corrected chi connectivity index (χ1v) is 11.9. The molecule has 0 saturated heterocycles. The van der Waals surface area contributed by atoms with Gasteiger partial charge in [0, 0.05) is 19.2 Å². The number of aryl methyl sites for hydroxylation is 1. The summed E-state index contributed by atoms with van der Waals surface area (Å²) in [5.74, 6) is 2.72. The topological polar surface area (TPSA) is 0 Å². The van der Waals surface area contributed by atoms with Crippen molar-refractivity contribution < 1.29 is 0 Å². The Morgan fingerprint density at radius 3 is 2.38 bits per heavy atom. The molecule has 1 aliphatic carbocycles. The Kier molecular flexibility index (Phi) is 6.80. The first kappa shape index (κ1) is 18.5. The van der Waals surface area contributed by atoms with Gasteiger partial charge in [0.1, 0.15) is 0 Å². The summed E-state index contributed by atoms with van der Waals surface area (Å²) in [5, 5.41) is 0. The van der Waals surface area contributed by atoms with Crippen LogP contribution < -0.4 is 0 Å². The molecule has 0 amide bonds. The van der Waals surface area contributed by atoms with E-state index in [1.807, 2.05) is 11.3 Å². The molecule has 134 valence electrons. The number of fused-ring (bicyclic) bond motifs is 1. The van der Waals surface area contributed by atoms with Gasteiger partial charge in [-0.05, 0) is 49.1 Å². The van der Waals surface area contributed by atoms with E-state index < -0.39 is 0 Å². The van der Waals surface area contributed by atoms with Crippen LogP contribution in [0.3, 0.4) is 0 Å². The van der Waals surface area contributed by atoms with Crippen LogP contribution in [0.4, 0.5) is 0 Å². The molecule has 0 aromatic carbocycles. The first-order chi connectivity index (χ1) is 11.7. The number of unbranched alkanes of at least 4 members (excludes halogenated alkanes) is 2. The lowest BCUT2D eigenvalue weighted by molar-refractivity contribution is 0.237. The lowest BCUT2D eigenvalue weighted by atomic mass is 9.74. The van der Waals surface area contributed by atoms with Gasteiger partial charge in [-0.3, -0.25) is 0 Å². The lowest BCUT2D eigenvalue weighted by Crippen LogP contribution is -2.18. The summed E-state index contributed by atoms with van der Waals surface area (Å²) in [5.41, 5.74) is 0. The van der Waals surface area contributed by atoms with Crippen molar-refractivity contribution in [2.45, 2.75) is 90.9 Å². The number of hydrogen-bond acceptors (Lipinski definition) is 2. The Bertz CT molecular complexity index is 581. The highest BCUT2D eigenvalue weighted by Crippen LogP contribution is 2.44. The van der Waals surface area contributed by atoms with Gasteiger partial charge in [0.2, 0.25) is 0 Å². The summed E-state index contributed by atoms with van der Waals surface area (Å²) < 4.78 is 3.08. The summed E-state index contributed by atoms with van der Waals surface area (Å²) in [6.07, 6.45) is 14.2. The third-order valence-corrected chi connectivity index (χ3v) is 8.59. The molecule has 1 aliphatic rings. The van der Waals surface area contributed by atoms with Gasteiger partial charge >= 0.3 is 0 Å². The first-order valence-electron chi connectivity index (χ1n) is 10.2. The molecule has 24 heavy (non-hydrogen) atoms.